The third-order valence-corrected chi connectivity index (χ3v) is 22.3. The molecule has 0 saturated heterocycles. The van der Waals surface area contributed by atoms with Crippen LogP contribution in [0, 0.1) is 111 Å². The van der Waals surface area contributed by atoms with Gasteiger partial charge in [0.25, 0.3) is 0 Å². The van der Waals surface area contributed by atoms with Crippen LogP contribution in [-0.4, -0.2) is 0 Å². The topological polar surface area (TPSA) is 130 Å². The molecule has 19 rings (SSSR count). The van der Waals surface area contributed by atoms with Gasteiger partial charge in [-0.25, -0.2) is 0 Å². The number of anilines is 5. The second-order valence-electron chi connectivity index (χ2n) is 35.0. The molecule has 730 valence electrons. The van der Waals surface area contributed by atoms with Gasteiger partial charge < -0.3 is 47.9 Å². The zero-order valence-electron chi connectivity index (χ0n) is 97.4. The van der Waals surface area contributed by atoms with Crippen molar-refractivity contribution in [2.24, 2.45) is 0 Å². The van der Waals surface area contributed by atoms with Crippen molar-refractivity contribution in [2.75, 3.05) is 28.7 Å². The number of nitrogen functional groups attached to an aromatic ring is 5. The molecule has 0 aromatic heterocycles. The Morgan fingerprint density at radius 2 is 0.747 bits per heavy atom. The first kappa shape index (κ1) is 152. The Balaban J connectivity index is -0.000000373. The summed E-state index contributed by atoms with van der Waals surface area (Å²) in [5, 5.41) is 14.7. The fourth-order valence-corrected chi connectivity index (χ4v) is 14.0. The van der Waals surface area contributed by atoms with E-state index in [9.17, 15) is 0 Å². The molecule has 0 bridgehead atoms. The van der Waals surface area contributed by atoms with E-state index < -0.39 is 0 Å². The van der Waals surface area contributed by atoms with Crippen molar-refractivity contribution in [3.05, 3.63) is 523 Å². The Hall–Kier alpha value is -8.42. The van der Waals surface area contributed by atoms with Gasteiger partial charge in [0.05, 0.1) is 0 Å². The van der Waals surface area contributed by atoms with Crippen LogP contribution in [0.4, 0.5) is 28.4 Å². The van der Waals surface area contributed by atoms with E-state index in [0.717, 1.165) is 82.6 Å². The van der Waals surface area contributed by atoms with E-state index >= 15 is 0 Å². The summed E-state index contributed by atoms with van der Waals surface area (Å²) in [6.07, 6.45) is 9.83. The number of para-hydroxylation sites is 2. The molecular weight excluding hydrogens is 1760 g/mol. The first-order valence-electron chi connectivity index (χ1n) is 49.2. The summed E-state index contributed by atoms with van der Waals surface area (Å²) in [4.78, 5) is 0. The molecule has 0 radical (unpaired) electrons. The fraction of sp³-hybridized carbons (Fsp3) is 0.215. The van der Waals surface area contributed by atoms with Crippen LogP contribution in [0.1, 0.15) is 200 Å². The van der Waals surface area contributed by atoms with Crippen molar-refractivity contribution in [2.45, 2.75) is 195 Å². The monoisotopic (exact) mass is 1920 g/mol. The molecule has 1 atom stereocenters. The number of hydrogen-bond donors (Lipinski definition) is 5. The number of hydrogen-bond acceptors (Lipinski definition) is 5. The quantitative estimate of drug-likeness (QED) is 0.0347. The minimum absolute atomic E-state index is 0. The standard InChI is InChI=1S/2C14H9.C12H19N.C12H9.C11H11N.C10H15N.C10H7.2C9H13N.C8H9.2C7H7.3C4H9.10Li/c1-3-7-13-11(5-1)9-10-12-6-2-4-8-14(12)13;1-2-6-12-10-14-8-4-3-7-13(14)9-11(12)5-1;1-4-9(3)11-8-6-7-10(5-2)12(11)13;1-3-7-11(8-4-1)12-9-5-2-6-10-12;1-8-6-7-9-4-2-3-5-10(9)11(8)12;1-3-8-6-5-7-9(4-2)10(8)11;1-2-6-10-8-4-3-7-9(10)5-1;1-6-4-7(2)9(10)8(3)5-6;1-7(2)8-3-5-9(10)6-4-8;1-7-4-3-5-8(2)6-7;2*1-7-5-3-2-4-6-7;1-4(2)3;2*1-3-4-2;;;;;;;;;;/h2*1-9H;6-9H,4-5,13H2,1-3H3;1-9H;2-7H,12H2,1H3;5-7H,3-4,11H2,1-2H3;1-7H;4-5H,10H2,1-3H3;3-7H,10H2,1-2H3;4-6H,1-2H3;2-5H,1H3;2-6H,1H2;1-3H3;3H,4H2,1-2H3;1,3-4H2,2H3;;;;;;;;;;/q2*-1;;-1;;;-1;;;6*-1;10*+1. The second-order valence-corrected chi connectivity index (χ2v) is 35.0. The Kier molecular flexibility index (Phi) is 91.2. The van der Waals surface area contributed by atoms with E-state index in [0.29, 0.717) is 11.8 Å². The molecule has 0 aliphatic carbocycles. The summed E-state index contributed by atoms with van der Waals surface area (Å²) < 4.78 is 0. The van der Waals surface area contributed by atoms with Crippen molar-refractivity contribution in [1.82, 2.24) is 0 Å². The summed E-state index contributed by atoms with van der Waals surface area (Å²) in [7, 11) is 0. The van der Waals surface area contributed by atoms with Crippen molar-refractivity contribution in [3.8, 4) is 11.1 Å². The largest absolute Gasteiger partial charge is 1.00 e. The van der Waals surface area contributed by atoms with Crippen molar-refractivity contribution >= 4 is 93.1 Å². The minimum atomic E-state index is 0. The number of unbranched alkanes of at least 4 members (excludes halogenated alkanes) is 2. The number of aryl methyl sites for hydroxylation is 10. The minimum Gasteiger partial charge on any atom is -0.399 e. The Morgan fingerprint density at radius 1 is 0.333 bits per heavy atom. The summed E-state index contributed by atoms with van der Waals surface area (Å²) in [6.45, 7) is 49.4. The molecule has 0 aliphatic rings. The van der Waals surface area contributed by atoms with Gasteiger partial charge in [0.15, 0.2) is 0 Å². The first-order valence-corrected chi connectivity index (χ1v) is 49.2. The smallest absolute Gasteiger partial charge is 0.399 e. The zero-order chi connectivity index (χ0) is 102. The Bertz CT molecular complexity index is 6240. The molecule has 0 saturated carbocycles. The molecule has 150 heavy (non-hydrogen) atoms. The number of benzene rings is 19. The van der Waals surface area contributed by atoms with Crippen LogP contribution in [0.15, 0.2) is 388 Å². The van der Waals surface area contributed by atoms with E-state index in [4.69, 9.17) is 28.7 Å². The summed E-state index contributed by atoms with van der Waals surface area (Å²) >= 11 is 0. The first-order chi connectivity index (χ1) is 67.5. The summed E-state index contributed by atoms with van der Waals surface area (Å²) in [6, 6.07) is 150. The van der Waals surface area contributed by atoms with Crippen LogP contribution in [0.2, 0.25) is 0 Å². The Morgan fingerprint density at radius 3 is 1.17 bits per heavy atom. The van der Waals surface area contributed by atoms with Crippen LogP contribution in [-0.2, 0) is 19.3 Å². The fourth-order valence-electron chi connectivity index (χ4n) is 14.0. The average Bonchev–Trinajstić information content (AvgIpc) is 0.786. The molecule has 15 heteroatoms. The molecule has 0 heterocycles. The molecular formula is C135H155Li10N5. The third-order valence-electron chi connectivity index (χ3n) is 22.3. The zero-order valence-corrected chi connectivity index (χ0v) is 97.4. The maximum Gasteiger partial charge on any atom is 1.00 e. The van der Waals surface area contributed by atoms with Gasteiger partial charge in [-0.2, -0.15) is 136 Å². The van der Waals surface area contributed by atoms with Crippen molar-refractivity contribution in [3.63, 3.8) is 0 Å². The molecule has 0 aliphatic heterocycles. The van der Waals surface area contributed by atoms with Gasteiger partial charge in [0, 0.05) is 33.8 Å². The van der Waals surface area contributed by atoms with Crippen LogP contribution in [0.25, 0.3) is 75.8 Å². The second kappa shape index (κ2) is 89.9. The molecule has 0 spiro atoms. The van der Waals surface area contributed by atoms with Crippen LogP contribution in [0.5, 0.6) is 0 Å². The molecule has 10 N–H and O–H groups in total. The number of rotatable bonds is 9. The van der Waals surface area contributed by atoms with Crippen LogP contribution >= 0.6 is 0 Å². The summed E-state index contributed by atoms with van der Waals surface area (Å²) in [5.74, 6) is 2.59. The van der Waals surface area contributed by atoms with Gasteiger partial charge in [-0.15, -0.1) is 165 Å². The molecule has 0 amide bonds. The van der Waals surface area contributed by atoms with Crippen molar-refractivity contribution in [1.29, 1.82) is 0 Å². The van der Waals surface area contributed by atoms with E-state index in [1.807, 2.05) is 198 Å². The Labute approximate surface area is 1030 Å². The summed E-state index contributed by atoms with van der Waals surface area (Å²) in [5.41, 5.74) is 52.3. The van der Waals surface area contributed by atoms with Crippen LogP contribution < -0.4 is 217 Å². The van der Waals surface area contributed by atoms with Gasteiger partial charge in [0.2, 0.25) is 0 Å². The predicted octanol–water partition coefficient (Wildman–Crippen LogP) is 7.10. The maximum atomic E-state index is 6.07. The molecule has 0 fully saturated rings. The van der Waals surface area contributed by atoms with E-state index in [-0.39, 0.29) is 189 Å². The van der Waals surface area contributed by atoms with Gasteiger partial charge >= 0.3 is 189 Å². The number of fused-ring (bicyclic) bond motifs is 7. The van der Waals surface area contributed by atoms with Gasteiger partial charge in [-0.3, -0.25) is 0 Å². The third kappa shape index (κ3) is 59.3. The SMILES string of the molecule is CC(C)c1ccc(N)cc1.CCc1cccc(C(C)CC)c1N.CCc1cccc(CC)c1N.C[C-](C)C.C[CH-]CC.Cc1[c-]cccc1.Cc1c[c-]cc(C)c1.Cc1cc(C)c(N)c(C)c1.Cc1ccc2ccccc2c1N.[CH2-]CCC.[CH2-]c1ccccc1.[Li+].[Li+].[Li+].[Li+].[Li+].[Li+].[Li+].[Li+].[Li+].[Li+].[c-]1c2ccccc2cc2ccccc12.[c-]1cc2ccccc2c2ccccc12.[c-]1cccc2ccccc12.[c-]1ccccc1-c1ccccc1. The predicted molar refractivity (Wildman–Crippen MR) is 622 cm³/mol. The van der Waals surface area contributed by atoms with Crippen LogP contribution in [0.3, 0.4) is 0 Å². The van der Waals surface area contributed by atoms with E-state index in [1.54, 1.807) is 0 Å². The molecule has 19 aromatic rings. The molecule has 1 unspecified atom stereocenters. The molecule has 5 nitrogen and oxygen atoms in total. The average molecular weight is 1920 g/mol. The van der Waals surface area contributed by atoms with Gasteiger partial charge in [-0.1, -0.05) is 341 Å². The van der Waals surface area contributed by atoms with Gasteiger partial charge in [0.1, 0.15) is 0 Å². The number of nitrogens with two attached hydrogens (primary N) is 5. The molecule has 19 aromatic carbocycles. The van der Waals surface area contributed by atoms with E-state index in [2.05, 4.69) is 386 Å². The normalized spacial score (nSPS) is 9.43. The maximum absolute atomic E-state index is 6.07. The van der Waals surface area contributed by atoms with E-state index in [1.165, 1.54) is 145 Å². The van der Waals surface area contributed by atoms with Crippen molar-refractivity contribution < 1.29 is 189 Å². The van der Waals surface area contributed by atoms with Gasteiger partial charge in [-0.05, 0) is 127 Å².